The summed E-state index contributed by atoms with van der Waals surface area (Å²) in [5.74, 6) is 0.286. The van der Waals surface area contributed by atoms with E-state index in [-0.39, 0.29) is 24.8 Å². The Labute approximate surface area is 204 Å². The smallest absolute Gasteiger partial charge is 0.242 e. The zero-order valence-corrected chi connectivity index (χ0v) is 20.1. The maximum absolute atomic E-state index is 13.3. The number of ether oxygens (including phenoxy) is 1. The molecule has 0 saturated carbocycles. The lowest BCUT2D eigenvalue weighted by Crippen LogP contribution is -2.48. The number of hydrogen-bond acceptors (Lipinski definition) is 3. The van der Waals surface area contributed by atoms with Crippen molar-refractivity contribution < 1.29 is 14.3 Å². The number of halogens is 2. The number of benzene rings is 3. The number of nitrogens with zero attached hydrogens (tertiary/aromatic N) is 1. The topological polar surface area (TPSA) is 58.6 Å². The Kier molecular flexibility index (Phi) is 8.75. The fourth-order valence-corrected chi connectivity index (χ4v) is 3.68. The monoisotopic (exact) mass is 484 g/mol. The molecule has 0 heterocycles. The van der Waals surface area contributed by atoms with Gasteiger partial charge >= 0.3 is 0 Å². The van der Waals surface area contributed by atoms with Gasteiger partial charge in [-0.15, -0.1) is 0 Å². The molecule has 0 unspecified atom stereocenters. The second kappa shape index (κ2) is 11.7. The fraction of sp³-hybridized carbons (Fsp3) is 0.231. The third-order valence-electron chi connectivity index (χ3n) is 5.35. The summed E-state index contributed by atoms with van der Waals surface area (Å²) in [6.07, 6.45) is 0.162. The van der Waals surface area contributed by atoms with Crippen LogP contribution in [0.25, 0.3) is 0 Å². The molecule has 0 aliphatic carbocycles. The molecule has 0 spiro atoms. The second-order valence-electron chi connectivity index (χ2n) is 7.66. The van der Waals surface area contributed by atoms with Crippen molar-refractivity contribution in [2.24, 2.45) is 0 Å². The van der Waals surface area contributed by atoms with E-state index in [1.165, 1.54) is 0 Å². The first kappa shape index (κ1) is 24.6. The number of methoxy groups -OCH3 is 1. The van der Waals surface area contributed by atoms with E-state index in [1.54, 1.807) is 43.2 Å². The third-order valence-corrected chi connectivity index (χ3v) is 5.85. The molecule has 2 amide bonds. The van der Waals surface area contributed by atoms with Crippen LogP contribution in [0.2, 0.25) is 10.0 Å². The van der Waals surface area contributed by atoms with Crippen LogP contribution in [0.1, 0.15) is 23.6 Å². The molecule has 0 aliphatic heterocycles. The van der Waals surface area contributed by atoms with Crippen molar-refractivity contribution in [3.63, 3.8) is 0 Å². The van der Waals surface area contributed by atoms with Gasteiger partial charge in [0.15, 0.2) is 0 Å². The molecule has 0 fully saturated rings. The maximum atomic E-state index is 13.3. The third kappa shape index (κ3) is 6.98. The van der Waals surface area contributed by atoms with Crippen LogP contribution in [0.15, 0.2) is 72.8 Å². The molecule has 3 aromatic carbocycles. The van der Waals surface area contributed by atoms with Crippen LogP contribution in [0.5, 0.6) is 5.75 Å². The summed E-state index contributed by atoms with van der Waals surface area (Å²) in [6, 6.07) is 21.2. The highest BCUT2D eigenvalue weighted by Crippen LogP contribution is 2.18. The molecule has 0 saturated heterocycles. The van der Waals surface area contributed by atoms with Crippen molar-refractivity contribution in [2.45, 2.75) is 32.5 Å². The lowest BCUT2D eigenvalue weighted by molar-refractivity contribution is -0.140. The summed E-state index contributed by atoms with van der Waals surface area (Å²) in [5, 5.41) is 4.14. The molecule has 5 nitrogen and oxygen atoms in total. The van der Waals surface area contributed by atoms with E-state index in [2.05, 4.69) is 5.32 Å². The molecule has 0 bridgehead atoms. The molecule has 172 valence electrons. The van der Waals surface area contributed by atoms with E-state index < -0.39 is 6.04 Å². The average Bonchev–Trinajstić information content (AvgIpc) is 2.83. The Morgan fingerprint density at radius 2 is 1.48 bits per heavy atom. The van der Waals surface area contributed by atoms with Gasteiger partial charge in [0.1, 0.15) is 11.8 Å². The predicted molar refractivity (Wildman–Crippen MR) is 131 cm³/mol. The quantitative estimate of drug-likeness (QED) is 0.449. The number of rotatable bonds is 9. The fourth-order valence-electron chi connectivity index (χ4n) is 3.43. The highest BCUT2D eigenvalue weighted by Gasteiger charge is 2.26. The van der Waals surface area contributed by atoms with Gasteiger partial charge in [0, 0.05) is 28.7 Å². The summed E-state index contributed by atoms with van der Waals surface area (Å²) < 4.78 is 5.35. The highest BCUT2D eigenvalue weighted by atomic mass is 35.5. The molecule has 33 heavy (non-hydrogen) atoms. The maximum Gasteiger partial charge on any atom is 0.242 e. The first-order valence-electron chi connectivity index (χ1n) is 10.6. The Morgan fingerprint density at radius 1 is 0.909 bits per heavy atom. The molecule has 1 atom stereocenters. The van der Waals surface area contributed by atoms with Crippen molar-refractivity contribution in [2.75, 3.05) is 7.11 Å². The molecule has 0 aromatic heterocycles. The van der Waals surface area contributed by atoms with Crippen molar-refractivity contribution >= 4 is 35.0 Å². The van der Waals surface area contributed by atoms with E-state index in [0.717, 1.165) is 16.7 Å². The molecule has 0 radical (unpaired) electrons. The van der Waals surface area contributed by atoms with Crippen molar-refractivity contribution in [3.05, 3.63) is 99.5 Å². The van der Waals surface area contributed by atoms with Gasteiger partial charge in [-0.2, -0.15) is 0 Å². The zero-order chi connectivity index (χ0) is 23.8. The second-order valence-corrected chi connectivity index (χ2v) is 8.53. The summed E-state index contributed by atoms with van der Waals surface area (Å²) in [5.41, 5.74) is 2.57. The Hall–Kier alpha value is -3.02. The van der Waals surface area contributed by atoms with Crippen molar-refractivity contribution in [1.29, 1.82) is 0 Å². The van der Waals surface area contributed by atoms with Gasteiger partial charge in [-0.05, 0) is 48.4 Å². The van der Waals surface area contributed by atoms with Gasteiger partial charge in [-0.3, -0.25) is 9.59 Å². The minimum absolute atomic E-state index is 0.160. The number of carbonyl (C=O) groups is 2. The summed E-state index contributed by atoms with van der Waals surface area (Å²) in [7, 11) is 1.59. The number of carbonyl (C=O) groups excluding carboxylic acids is 2. The largest absolute Gasteiger partial charge is 0.496 e. The normalized spacial score (nSPS) is 11.5. The van der Waals surface area contributed by atoms with Crippen LogP contribution >= 0.6 is 23.2 Å². The van der Waals surface area contributed by atoms with Crippen molar-refractivity contribution in [3.8, 4) is 5.75 Å². The molecule has 1 N–H and O–H groups in total. The highest BCUT2D eigenvalue weighted by molar-refractivity contribution is 6.30. The first-order valence-corrected chi connectivity index (χ1v) is 11.3. The van der Waals surface area contributed by atoms with Crippen LogP contribution < -0.4 is 10.1 Å². The standard InChI is InChI=1S/C26H26Cl2N2O3/c1-18(26(32)29-16-21-5-3-4-6-24(21)33-2)30(17-20-9-13-23(28)14-10-20)25(31)15-19-7-11-22(27)12-8-19/h3-14,18H,15-17H2,1-2H3,(H,29,32)/t18-/m0/s1. The van der Waals surface area contributed by atoms with Gasteiger partial charge in [0.25, 0.3) is 0 Å². The van der Waals surface area contributed by atoms with E-state index in [9.17, 15) is 9.59 Å². The summed E-state index contributed by atoms with van der Waals surface area (Å²) >= 11 is 12.0. The van der Waals surface area contributed by atoms with Crippen LogP contribution in [0, 0.1) is 0 Å². The average molecular weight is 485 g/mol. The lowest BCUT2D eigenvalue weighted by Gasteiger charge is -2.29. The molecular weight excluding hydrogens is 459 g/mol. The van der Waals surface area contributed by atoms with Gasteiger partial charge < -0.3 is 15.0 Å². The molecule has 3 rings (SSSR count). The van der Waals surface area contributed by atoms with Gasteiger partial charge in [-0.25, -0.2) is 0 Å². The summed E-state index contributed by atoms with van der Waals surface area (Å²) in [6.45, 7) is 2.31. The lowest BCUT2D eigenvalue weighted by atomic mass is 10.1. The number of para-hydroxylation sites is 1. The summed E-state index contributed by atoms with van der Waals surface area (Å²) in [4.78, 5) is 27.9. The molecule has 0 aliphatic rings. The minimum atomic E-state index is -0.685. The molecule has 7 heteroatoms. The number of nitrogens with one attached hydrogen (secondary N) is 1. The molecular formula is C26H26Cl2N2O3. The van der Waals surface area contributed by atoms with Crippen LogP contribution in [0.3, 0.4) is 0 Å². The van der Waals surface area contributed by atoms with E-state index in [1.807, 2.05) is 48.5 Å². The van der Waals surface area contributed by atoms with Crippen LogP contribution in [-0.4, -0.2) is 29.9 Å². The SMILES string of the molecule is COc1ccccc1CNC(=O)[C@H](C)N(Cc1ccc(Cl)cc1)C(=O)Cc1ccc(Cl)cc1. The Bertz CT molecular complexity index is 1090. The Morgan fingerprint density at radius 3 is 2.09 bits per heavy atom. The van der Waals surface area contributed by atoms with Crippen molar-refractivity contribution in [1.82, 2.24) is 10.2 Å². The van der Waals surface area contributed by atoms with Crippen LogP contribution in [-0.2, 0) is 29.1 Å². The minimum Gasteiger partial charge on any atom is -0.496 e. The first-order chi connectivity index (χ1) is 15.9. The van der Waals surface area contributed by atoms with E-state index in [4.69, 9.17) is 27.9 Å². The Balaban J connectivity index is 1.75. The molecule has 3 aromatic rings. The predicted octanol–water partition coefficient (Wildman–Crippen LogP) is 5.28. The van der Waals surface area contributed by atoms with Gasteiger partial charge in [0.2, 0.25) is 11.8 Å². The van der Waals surface area contributed by atoms with E-state index >= 15 is 0 Å². The van der Waals surface area contributed by atoms with Gasteiger partial charge in [-0.1, -0.05) is 65.7 Å². The number of amides is 2. The number of hydrogen-bond donors (Lipinski definition) is 1. The van der Waals surface area contributed by atoms with Gasteiger partial charge in [0.05, 0.1) is 13.5 Å². The zero-order valence-electron chi connectivity index (χ0n) is 18.6. The van der Waals surface area contributed by atoms with Crippen LogP contribution in [0.4, 0.5) is 0 Å². The van der Waals surface area contributed by atoms with E-state index in [0.29, 0.717) is 22.3 Å².